The zero-order valence-corrected chi connectivity index (χ0v) is 14.7. The summed E-state index contributed by atoms with van der Waals surface area (Å²) >= 11 is 1.68. The van der Waals surface area contributed by atoms with Crippen LogP contribution in [0.4, 0.5) is 0 Å². The molecule has 1 N–H and O–H groups in total. The largest absolute Gasteiger partial charge is 0.320 e. The molecule has 4 nitrogen and oxygen atoms in total. The van der Waals surface area contributed by atoms with Gasteiger partial charge in [-0.05, 0) is 56.3 Å². The van der Waals surface area contributed by atoms with E-state index in [9.17, 15) is 4.79 Å². The van der Waals surface area contributed by atoms with Gasteiger partial charge in [0.1, 0.15) is 6.17 Å². The van der Waals surface area contributed by atoms with Crippen LogP contribution in [0, 0.1) is 5.92 Å². The van der Waals surface area contributed by atoms with E-state index in [0.717, 1.165) is 6.54 Å². The highest BCUT2D eigenvalue weighted by Crippen LogP contribution is 2.31. The molecule has 1 aromatic heterocycles. The van der Waals surface area contributed by atoms with E-state index in [1.54, 1.807) is 11.3 Å². The Hall–Kier alpha value is -0.910. The lowest BCUT2D eigenvalue weighted by Gasteiger charge is -2.38. The zero-order valence-electron chi connectivity index (χ0n) is 13.9. The summed E-state index contributed by atoms with van der Waals surface area (Å²) in [5.41, 5.74) is 1.13. The molecule has 2 atom stereocenters. The van der Waals surface area contributed by atoms with E-state index >= 15 is 0 Å². The van der Waals surface area contributed by atoms with Crippen molar-refractivity contribution in [2.45, 2.75) is 45.4 Å². The van der Waals surface area contributed by atoms with Gasteiger partial charge < -0.3 is 9.80 Å². The highest BCUT2D eigenvalue weighted by molar-refractivity contribution is 7.07. The molecule has 1 saturated heterocycles. The predicted molar refractivity (Wildman–Crippen MR) is 88.3 cm³/mol. The first-order valence-electron chi connectivity index (χ1n) is 7.50. The van der Waals surface area contributed by atoms with Crippen molar-refractivity contribution >= 4 is 17.2 Å². The third kappa shape index (κ3) is 3.30. The normalized spacial score (nSPS) is 23.6. The van der Waals surface area contributed by atoms with Gasteiger partial charge >= 0.3 is 0 Å². The van der Waals surface area contributed by atoms with Crippen molar-refractivity contribution in [3.8, 4) is 0 Å². The minimum absolute atomic E-state index is 0.00428. The van der Waals surface area contributed by atoms with Crippen LogP contribution in [0.25, 0.3) is 0 Å². The molecule has 0 spiro atoms. The third-order valence-electron chi connectivity index (χ3n) is 4.49. The number of carbonyl (C=O) groups is 1. The fraction of sp³-hybridized carbons (Fsp3) is 0.688. The van der Waals surface area contributed by atoms with Crippen LogP contribution in [0.15, 0.2) is 16.8 Å². The van der Waals surface area contributed by atoms with E-state index in [4.69, 9.17) is 0 Å². The average molecular weight is 309 g/mol. The monoisotopic (exact) mass is 309 g/mol. The maximum atomic E-state index is 12.8. The van der Waals surface area contributed by atoms with Crippen LogP contribution in [0.5, 0.6) is 0 Å². The molecule has 0 aromatic carbocycles. The molecule has 1 aliphatic heterocycles. The standard InChI is InChI=1S/C16H27N3OS/c1-11(2)13-15(20)19(10-16(3,4)18(5)6)14(17-13)12-7-8-21-9-12/h7-9,11,13-14,17H,10H2,1-6H3. The van der Waals surface area contributed by atoms with E-state index in [0.29, 0.717) is 5.92 Å². The number of carbonyl (C=O) groups excluding carboxylic acids is 1. The third-order valence-corrected chi connectivity index (χ3v) is 5.19. The summed E-state index contributed by atoms with van der Waals surface area (Å²) in [5, 5.41) is 7.72. The van der Waals surface area contributed by atoms with Crippen molar-refractivity contribution < 1.29 is 4.79 Å². The molecule has 2 unspecified atom stereocenters. The summed E-state index contributed by atoms with van der Waals surface area (Å²) in [7, 11) is 4.13. The fourth-order valence-electron chi connectivity index (χ4n) is 2.55. The smallest absolute Gasteiger partial charge is 0.241 e. The maximum absolute atomic E-state index is 12.8. The predicted octanol–water partition coefficient (Wildman–Crippen LogP) is 2.54. The molecular weight excluding hydrogens is 282 g/mol. The summed E-state index contributed by atoms with van der Waals surface area (Å²) in [6, 6.07) is 2.02. The van der Waals surface area contributed by atoms with Crippen molar-refractivity contribution in [2.75, 3.05) is 20.6 Å². The number of nitrogens with zero attached hydrogens (tertiary/aromatic N) is 2. The molecule has 0 radical (unpaired) electrons. The number of nitrogens with one attached hydrogen (secondary N) is 1. The second-order valence-corrected chi connectivity index (χ2v) is 7.80. The first kappa shape index (κ1) is 16.5. The van der Waals surface area contributed by atoms with E-state index in [-0.39, 0.29) is 23.7 Å². The van der Waals surface area contributed by atoms with Gasteiger partial charge in [-0.25, -0.2) is 0 Å². The van der Waals surface area contributed by atoms with E-state index < -0.39 is 0 Å². The van der Waals surface area contributed by atoms with Gasteiger partial charge in [0.05, 0.1) is 6.04 Å². The number of amides is 1. The van der Waals surface area contributed by atoms with Crippen molar-refractivity contribution in [1.82, 2.24) is 15.1 Å². The van der Waals surface area contributed by atoms with Crippen LogP contribution in [0.1, 0.15) is 39.4 Å². The molecule has 0 aliphatic carbocycles. The molecule has 1 aromatic rings. The van der Waals surface area contributed by atoms with Crippen LogP contribution in [-0.4, -0.2) is 47.9 Å². The van der Waals surface area contributed by atoms with Gasteiger partial charge in [-0.15, -0.1) is 0 Å². The molecule has 5 heteroatoms. The Bertz CT molecular complexity index is 482. The van der Waals surface area contributed by atoms with Crippen LogP contribution in [0.2, 0.25) is 0 Å². The molecule has 21 heavy (non-hydrogen) atoms. The van der Waals surface area contributed by atoms with Gasteiger partial charge in [-0.2, -0.15) is 11.3 Å². The fourth-order valence-corrected chi connectivity index (χ4v) is 3.23. The molecule has 0 saturated carbocycles. The number of hydrogen-bond donors (Lipinski definition) is 1. The zero-order chi connectivity index (χ0) is 15.8. The second kappa shape index (κ2) is 6.07. The van der Waals surface area contributed by atoms with Crippen molar-refractivity contribution in [2.24, 2.45) is 5.92 Å². The lowest BCUT2D eigenvalue weighted by atomic mass is 10.0. The maximum Gasteiger partial charge on any atom is 0.241 e. The molecule has 2 heterocycles. The van der Waals surface area contributed by atoms with Crippen LogP contribution in [0.3, 0.4) is 0 Å². The second-order valence-electron chi connectivity index (χ2n) is 7.02. The summed E-state index contributed by atoms with van der Waals surface area (Å²) < 4.78 is 0. The summed E-state index contributed by atoms with van der Waals surface area (Å²) in [5.74, 6) is 0.516. The van der Waals surface area contributed by atoms with E-state index in [1.165, 1.54) is 5.56 Å². The summed E-state index contributed by atoms with van der Waals surface area (Å²) in [4.78, 5) is 17.0. The summed E-state index contributed by atoms with van der Waals surface area (Å²) in [6.07, 6.45) is -0.00428. The molecule has 2 rings (SSSR count). The minimum atomic E-state index is -0.0899. The van der Waals surface area contributed by atoms with E-state index in [1.807, 2.05) is 4.90 Å². The average Bonchev–Trinajstić information content (AvgIpc) is 2.98. The number of rotatable bonds is 5. The Morgan fingerprint density at radius 1 is 1.43 bits per heavy atom. The highest BCUT2D eigenvalue weighted by Gasteiger charge is 2.43. The Labute approximate surface area is 132 Å². The number of likely N-dealkylation sites (N-methyl/N-ethyl adjacent to an activating group) is 1. The Morgan fingerprint density at radius 3 is 2.57 bits per heavy atom. The molecule has 1 aliphatic rings. The Morgan fingerprint density at radius 2 is 2.10 bits per heavy atom. The van der Waals surface area contributed by atoms with Crippen molar-refractivity contribution in [3.63, 3.8) is 0 Å². The molecule has 1 amide bonds. The SMILES string of the molecule is CC(C)C1NC(c2ccsc2)N(CC(C)(C)N(C)C)C1=O. The minimum Gasteiger partial charge on any atom is -0.320 e. The van der Waals surface area contributed by atoms with Crippen LogP contribution in [-0.2, 0) is 4.79 Å². The van der Waals surface area contributed by atoms with Gasteiger partial charge in [0.2, 0.25) is 5.91 Å². The molecular formula is C16H27N3OS. The molecule has 118 valence electrons. The van der Waals surface area contributed by atoms with Crippen LogP contribution < -0.4 is 5.32 Å². The molecule has 0 bridgehead atoms. The van der Waals surface area contributed by atoms with Crippen molar-refractivity contribution in [3.05, 3.63) is 22.4 Å². The van der Waals surface area contributed by atoms with Gasteiger partial charge in [-0.3, -0.25) is 10.1 Å². The first-order chi connectivity index (χ1) is 9.74. The Kier molecular flexibility index (Phi) is 4.76. The van der Waals surface area contributed by atoms with Crippen molar-refractivity contribution in [1.29, 1.82) is 0 Å². The van der Waals surface area contributed by atoms with Gasteiger partial charge in [0.25, 0.3) is 0 Å². The number of thiophene rings is 1. The lowest BCUT2D eigenvalue weighted by Crippen LogP contribution is -2.50. The van der Waals surface area contributed by atoms with Crippen LogP contribution >= 0.6 is 11.3 Å². The lowest BCUT2D eigenvalue weighted by molar-refractivity contribution is -0.132. The topological polar surface area (TPSA) is 35.6 Å². The highest BCUT2D eigenvalue weighted by atomic mass is 32.1. The first-order valence-corrected chi connectivity index (χ1v) is 8.44. The Balaban J connectivity index is 2.27. The van der Waals surface area contributed by atoms with Gasteiger partial charge in [0, 0.05) is 12.1 Å². The number of hydrogen-bond acceptors (Lipinski definition) is 4. The molecule has 1 fully saturated rings. The van der Waals surface area contributed by atoms with Gasteiger partial charge in [0.15, 0.2) is 0 Å². The van der Waals surface area contributed by atoms with Gasteiger partial charge in [-0.1, -0.05) is 13.8 Å². The van der Waals surface area contributed by atoms with E-state index in [2.05, 4.69) is 68.8 Å². The summed E-state index contributed by atoms with van der Waals surface area (Å²) in [6.45, 7) is 9.26. The quantitative estimate of drug-likeness (QED) is 0.908.